The van der Waals surface area contributed by atoms with Crippen LogP contribution in [0.3, 0.4) is 0 Å². The monoisotopic (exact) mass is 495 g/mol. The molecule has 2 atom stereocenters. The Morgan fingerprint density at radius 1 is 0.892 bits per heavy atom. The molecule has 2 unspecified atom stereocenters. The van der Waals surface area contributed by atoms with Crippen LogP contribution in [0, 0.1) is 0 Å². The largest absolute Gasteiger partial charge is 0.496 e. The van der Waals surface area contributed by atoms with E-state index in [1.807, 2.05) is 6.07 Å². The summed E-state index contributed by atoms with van der Waals surface area (Å²) in [6.07, 6.45) is 1.82. The SMILES string of the molecule is COc1ccccc1C(=O)OCCc1ccc(C2CCNCC2OCc2ccc3ccccc3c2)cc1. The Bertz CT molecular complexity index is 1330. The summed E-state index contributed by atoms with van der Waals surface area (Å²) in [5.41, 5.74) is 4.07. The highest BCUT2D eigenvalue weighted by Crippen LogP contribution is 2.29. The standard InChI is InChI=1S/C32H33NO4/c1-35-30-9-5-4-8-29(30)32(34)36-19-17-23-10-14-26(15-11-23)28-16-18-33-21-31(28)37-22-24-12-13-25-6-2-3-7-27(25)20-24/h2-15,20,28,31,33H,16-19,21-22H2,1H3. The van der Waals surface area contributed by atoms with Gasteiger partial charge in [-0.2, -0.15) is 0 Å². The third-order valence-electron chi connectivity index (χ3n) is 7.06. The molecule has 0 saturated carbocycles. The molecule has 0 radical (unpaired) electrons. The fourth-order valence-corrected chi connectivity index (χ4v) is 5.00. The maximum Gasteiger partial charge on any atom is 0.341 e. The van der Waals surface area contributed by atoms with E-state index in [1.165, 1.54) is 21.9 Å². The molecule has 0 amide bonds. The lowest BCUT2D eigenvalue weighted by Gasteiger charge is -2.32. The van der Waals surface area contributed by atoms with Crippen LogP contribution in [0.15, 0.2) is 91.0 Å². The van der Waals surface area contributed by atoms with Gasteiger partial charge in [-0.25, -0.2) is 4.79 Å². The van der Waals surface area contributed by atoms with Gasteiger partial charge in [0.25, 0.3) is 0 Å². The summed E-state index contributed by atoms with van der Waals surface area (Å²) in [5.74, 6) is 0.505. The molecular weight excluding hydrogens is 462 g/mol. The van der Waals surface area contributed by atoms with Crippen LogP contribution in [0.4, 0.5) is 0 Å². The quantitative estimate of drug-likeness (QED) is 0.293. The summed E-state index contributed by atoms with van der Waals surface area (Å²) in [4.78, 5) is 12.4. The first-order chi connectivity index (χ1) is 18.2. The number of esters is 1. The van der Waals surface area contributed by atoms with Gasteiger partial charge in [0.1, 0.15) is 11.3 Å². The molecule has 4 aromatic rings. The lowest BCUT2D eigenvalue weighted by molar-refractivity contribution is 0.0106. The average Bonchev–Trinajstić information content (AvgIpc) is 2.96. The second-order valence-electron chi connectivity index (χ2n) is 9.46. The average molecular weight is 496 g/mol. The number of methoxy groups -OCH3 is 1. The van der Waals surface area contributed by atoms with Crippen molar-refractivity contribution in [1.82, 2.24) is 5.32 Å². The zero-order chi connectivity index (χ0) is 25.5. The van der Waals surface area contributed by atoms with Crippen LogP contribution >= 0.6 is 0 Å². The number of benzene rings is 4. The molecular formula is C32H33NO4. The Kier molecular flexibility index (Phi) is 8.14. The van der Waals surface area contributed by atoms with Crippen LogP contribution in [0.2, 0.25) is 0 Å². The predicted octanol–water partition coefficient (Wildman–Crippen LogP) is 5.91. The van der Waals surface area contributed by atoms with Crippen molar-refractivity contribution in [2.24, 2.45) is 0 Å². The molecule has 5 nitrogen and oxygen atoms in total. The highest BCUT2D eigenvalue weighted by atomic mass is 16.5. The van der Waals surface area contributed by atoms with E-state index >= 15 is 0 Å². The Hall–Kier alpha value is -3.67. The lowest BCUT2D eigenvalue weighted by Crippen LogP contribution is -2.40. The molecule has 1 heterocycles. The minimum absolute atomic E-state index is 0.118. The zero-order valence-electron chi connectivity index (χ0n) is 21.2. The molecule has 5 heteroatoms. The van der Waals surface area contributed by atoms with Crippen molar-refractivity contribution in [2.45, 2.75) is 31.5 Å². The number of fused-ring (bicyclic) bond motifs is 1. The molecule has 1 fully saturated rings. The predicted molar refractivity (Wildman–Crippen MR) is 146 cm³/mol. The van der Waals surface area contributed by atoms with E-state index in [9.17, 15) is 4.79 Å². The summed E-state index contributed by atoms with van der Waals surface area (Å²) in [6, 6.07) is 30.7. The molecule has 0 aromatic heterocycles. The fraction of sp³-hybridized carbons (Fsp3) is 0.281. The van der Waals surface area contributed by atoms with E-state index in [1.54, 1.807) is 25.3 Å². The molecule has 1 aliphatic heterocycles. The van der Waals surface area contributed by atoms with Crippen LogP contribution in [-0.4, -0.2) is 38.9 Å². The Morgan fingerprint density at radius 2 is 1.65 bits per heavy atom. The van der Waals surface area contributed by atoms with Crippen LogP contribution in [-0.2, 0) is 22.5 Å². The number of carbonyl (C=O) groups excluding carboxylic acids is 1. The van der Waals surface area contributed by atoms with E-state index in [2.05, 4.69) is 72.0 Å². The van der Waals surface area contributed by atoms with Gasteiger partial charge in [-0.1, -0.05) is 72.8 Å². The summed E-state index contributed by atoms with van der Waals surface area (Å²) in [7, 11) is 1.55. The lowest BCUT2D eigenvalue weighted by atomic mass is 9.87. The van der Waals surface area contributed by atoms with Crippen LogP contribution < -0.4 is 10.1 Å². The van der Waals surface area contributed by atoms with Crippen molar-refractivity contribution in [2.75, 3.05) is 26.8 Å². The number of nitrogens with one attached hydrogen (secondary N) is 1. The molecule has 5 rings (SSSR count). The van der Waals surface area contributed by atoms with Gasteiger partial charge in [-0.3, -0.25) is 0 Å². The molecule has 1 aliphatic rings. The number of carbonyl (C=O) groups is 1. The van der Waals surface area contributed by atoms with Crippen molar-refractivity contribution in [3.05, 3.63) is 113 Å². The first-order valence-corrected chi connectivity index (χ1v) is 12.9. The highest BCUT2D eigenvalue weighted by Gasteiger charge is 2.27. The first-order valence-electron chi connectivity index (χ1n) is 12.9. The molecule has 0 bridgehead atoms. The number of para-hydroxylation sites is 1. The fourth-order valence-electron chi connectivity index (χ4n) is 5.00. The van der Waals surface area contributed by atoms with Gasteiger partial charge in [0.05, 0.1) is 26.4 Å². The molecule has 190 valence electrons. The van der Waals surface area contributed by atoms with Gasteiger partial charge in [-0.05, 0) is 58.6 Å². The molecule has 1 saturated heterocycles. The van der Waals surface area contributed by atoms with E-state index in [0.29, 0.717) is 36.9 Å². The third-order valence-corrected chi connectivity index (χ3v) is 7.06. The van der Waals surface area contributed by atoms with Gasteiger partial charge < -0.3 is 19.5 Å². The summed E-state index contributed by atoms with van der Waals surface area (Å²) in [5, 5.41) is 5.98. The molecule has 37 heavy (non-hydrogen) atoms. The zero-order valence-corrected chi connectivity index (χ0v) is 21.2. The second-order valence-corrected chi connectivity index (χ2v) is 9.46. The maximum absolute atomic E-state index is 12.4. The van der Waals surface area contributed by atoms with Crippen molar-refractivity contribution in [3.63, 3.8) is 0 Å². The van der Waals surface area contributed by atoms with Crippen molar-refractivity contribution in [1.29, 1.82) is 0 Å². The van der Waals surface area contributed by atoms with Gasteiger partial charge >= 0.3 is 5.97 Å². The molecule has 4 aromatic carbocycles. The van der Waals surface area contributed by atoms with Crippen LogP contribution in [0.25, 0.3) is 10.8 Å². The maximum atomic E-state index is 12.4. The molecule has 1 N–H and O–H groups in total. The summed E-state index contributed by atoms with van der Waals surface area (Å²) in [6.45, 7) is 2.75. The van der Waals surface area contributed by atoms with Crippen LogP contribution in [0.1, 0.15) is 39.4 Å². The number of ether oxygens (including phenoxy) is 3. The minimum Gasteiger partial charge on any atom is -0.496 e. The number of hydrogen-bond acceptors (Lipinski definition) is 5. The van der Waals surface area contributed by atoms with Crippen molar-refractivity contribution in [3.8, 4) is 5.75 Å². The van der Waals surface area contributed by atoms with E-state index in [0.717, 1.165) is 25.1 Å². The number of piperidine rings is 1. The Labute approximate surface area is 218 Å². The minimum atomic E-state index is -0.366. The molecule has 0 spiro atoms. The topological polar surface area (TPSA) is 56.8 Å². The van der Waals surface area contributed by atoms with Crippen LogP contribution in [0.5, 0.6) is 5.75 Å². The molecule has 0 aliphatic carbocycles. The summed E-state index contributed by atoms with van der Waals surface area (Å²) < 4.78 is 17.2. The number of rotatable bonds is 9. The third kappa shape index (κ3) is 6.19. The highest BCUT2D eigenvalue weighted by molar-refractivity contribution is 5.92. The van der Waals surface area contributed by atoms with Gasteiger partial charge in [0.15, 0.2) is 0 Å². The second kappa shape index (κ2) is 12.0. The Morgan fingerprint density at radius 3 is 2.49 bits per heavy atom. The van der Waals surface area contributed by atoms with Gasteiger partial charge in [0.2, 0.25) is 0 Å². The number of hydrogen-bond donors (Lipinski definition) is 1. The Balaban J connectivity index is 1.16. The van der Waals surface area contributed by atoms with Crippen molar-refractivity contribution < 1.29 is 19.0 Å². The van der Waals surface area contributed by atoms with Gasteiger partial charge in [0, 0.05) is 18.9 Å². The van der Waals surface area contributed by atoms with Gasteiger partial charge in [-0.15, -0.1) is 0 Å². The first kappa shape index (κ1) is 25.0. The normalized spacial score (nSPS) is 17.4. The smallest absolute Gasteiger partial charge is 0.341 e. The van der Waals surface area contributed by atoms with E-state index in [-0.39, 0.29) is 12.1 Å². The summed E-state index contributed by atoms with van der Waals surface area (Å²) >= 11 is 0. The van der Waals surface area contributed by atoms with E-state index in [4.69, 9.17) is 14.2 Å². The van der Waals surface area contributed by atoms with Crippen molar-refractivity contribution >= 4 is 16.7 Å². The van der Waals surface area contributed by atoms with E-state index < -0.39 is 0 Å².